The number of tetrazole rings is 1. The highest BCUT2D eigenvalue weighted by Gasteiger charge is 2.37. The summed E-state index contributed by atoms with van der Waals surface area (Å²) in [5, 5.41) is 14.0. The highest BCUT2D eigenvalue weighted by Crippen LogP contribution is 2.30. The van der Waals surface area contributed by atoms with Crippen molar-refractivity contribution in [3.63, 3.8) is 0 Å². The zero-order valence-corrected chi connectivity index (χ0v) is 17.9. The fraction of sp³-hybridized carbons (Fsp3) is 0.565. The predicted octanol–water partition coefficient (Wildman–Crippen LogP) is 2.40. The molecule has 1 saturated heterocycles. The fourth-order valence-corrected chi connectivity index (χ4v) is 5.34. The lowest BCUT2D eigenvalue weighted by atomic mass is 9.95. The van der Waals surface area contributed by atoms with E-state index in [1.165, 1.54) is 48.1 Å². The monoisotopic (exact) mass is 407 g/mol. The van der Waals surface area contributed by atoms with Crippen molar-refractivity contribution in [1.82, 2.24) is 25.2 Å². The Labute approximate surface area is 176 Å². The second-order valence-corrected chi connectivity index (χ2v) is 9.15. The standard InChI is InChI=1S/C23H30N6O/c1-15-12-17-14-19(23(30)24-20(17)13-16(15)2)21(28-10-6-7-11-28)22-25-26-27-29(22)18-8-4-3-5-9-18/h12-14,18,21H,3-11H2,1-2H3,(H,24,30)/p+1/t21-/m0/s1. The summed E-state index contributed by atoms with van der Waals surface area (Å²) in [6, 6.07) is 6.54. The first kappa shape index (κ1) is 19.4. The molecule has 3 aromatic rings. The molecule has 0 unspecified atom stereocenters. The molecule has 0 amide bonds. The maximum Gasteiger partial charge on any atom is 0.258 e. The number of quaternary nitrogens is 1. The topological polar surface area (TPSA) is 80.9 Å². The summed E-state index contributed by atoms with van der Waals surface area (Å²) >= 11 is 0. The van der Waals surface area contributed by atoms with Crippen LogP contribution in [0.1, 0.15) is 79.5 Å². The lowest BCUT2D eigenvalue weighted by Crippen LogP contribution is -3.10. The Morgan fingerprint density at radius 2 is 1.77 bits per heavy atom. The highest BCUT2D eigenvalue weighted by atomic mass is 16.1. The van der Waals surface area contributed by atoms with E-state index in [4.69, 9.17) is 0 Å². The van der Waals surface area contributed by atoms with E-state index in [2.05, 4.69) is 52.6 Å². The molecule has 2 aromatic heterocycles. The number of hydrogen-bond acceptors (Lipinski definition) is 4. The minimum atomic E-state index is -0.126. The van der Waals surface area contributed by atoms with Crippen LogP contribution in [0.4, 0.5) is 0 Å². The van der Waals surface area contributed by atoms with Crippen molar-refractivity contribution in [3.8, 4) is 0 Å². The van der Waals surface area contributed by atoms with Crippen molar-refractivity contribution >= 4 is 10.9 Å². The summed E-state index contributed by atoms with van der Waals surface area (Å²) in [6.07, 6.45) is 8.33. The van der Waals surface area contributed by atoms with Gasteiger partial charge in [-0.05, 0) is 71.8 Å². The number of benzene rings is 1. The van der Waals surface area contributed by atoms with Crippen LogP contribution < -0.4 is 10.5 Å². The molecule has 1 aliphatic carbocycles. The number of H-pyrrole nitrogens is 1. The SMILES string of the molecule is Cc1cc2cc([C@@H](c3nnnn3C3CCCCC3)[NH+]3CCCC3)c(=O)[nH]c2cc1C. The average molecular weight is 408 g/mol. The van der Waals surface area contributed by atoms with Crippen LogP contribution in [0.5, 0.6) is 0 Å². The largest absolute Gasteiger partial charge is 0.322 e. The molecule has 2 fully saturated rings. The number of aryl methyl sites for hydroxylation is 2. The first-order chi connectivity index (χ1) is 14.6. The van der Waals surface area contributed by atoms with Crippen LogP contribution >= 0.6 is 0 Å². The van der Waals surface area contributed by atoms with Crippen LogP contribution in [0.3, 0.4) is 0 Å². The lowest BCUT2D eigenvalue weighted by molar-refractivity contribution is -0.914. The third-order valence-electron chi connectivity index (χ3n) is 7.15. The molecule has 30 heavy (non-hydrogen) atoms. The normalized spacial score (nSPS) is 19.5. The zero-order valence-electron chi connectivity index (χ0n) is 17.9. The van der Waals surface area contributed by atoms with E-state index in [0.29, 0.717) is 6.04 Å². The van der Waals surface area contributed by atoms with Crippen LogP contribution in [0.2, 0.25) is 0 Å². The first-order valence-electron chi connectivity index (χ1n) is 11.4. The minimum absolute atomic E-state index is 0.0200. The van der Waals surface area contributed by atoms with Crippen LogP contribution in [0.25, 0.3) is 10.9 Å². The van der Waals surface area contributed by atoms with Gasteiger partial charge in [-0.25, -0.2) is 4.68 Å². The smallest absolute Gasteiger partial charge is 0.258 e. The Morgan fingerprint density at radius 1 is 1.03 bits per heavy atom. The number of aromatic amines is 1. The maximum absolute atomic E-state index is 13.3. The number of nitrogens with one attached hydrogen (secondary N) is 2. The summed E-state index contributed by atoms with van der Waals surface area (Å²) in [6.45, 7) is 6.29. The molecule has 5 rings (SSSR count). The summed E-state index contributed by atoms with van der Waals surface area (Å²) in [5.74, 6) is 0.854. The molecule has 7 heteroatoms. The molecule has 1 atom stereocenters. The summed E-state index contributed by atoms with van der Waals surface area (Å²) in [7, 11) is 0. The second kappa shape index (κ2) is 7.95. The van der Waals surface area contributed by atoms with E-state index >= 15 is 0 Å². The third-order valence-corrected chi connectivity index (χ3v) is 7.15. The van der Waals surface area contributed by atoms with Gasteiger partial charge in [-0.3, -0.25) is 4.79 Å². The molecule has 2 aliphatic rings. The molecule has 0 bridgehead atoms. The fourth-order valence-electron chi connectivity index (χ4n) is 5.34. The summed E-state index contributed by atoms with van der Waals surface area (Å²) in [4.78, 5) is 17.8. The number of hydrogen-bond donors (Lipinski definition) is 2. The van der Waals surface area contributed by atoms with Gasteiger partial charge in [0.1, 0.15) is 0 Å². The van der Waals surface area contributed by atoms with Crippen molar-refractivity contribution in [2.45, 2.75) is 70.9 Å². The maximum atomic E-state index is 13.3. The minimum Gasteiger partial charge on any atom is -0.322 e. The first-order valence-corrected chi connectivity index (χ1v) is 11.4. The van der Waals surface area contributed by atoms with Crippen LogP contribution in [-0.4, -0.2) is 38.3 Å². The van der Waals surface area contributed by atoms with Crippen molar-refractivity contribution in [1.29, 1.82) is 0 Å². The van der Waals surface area contributed by atoms with Crippen molar-refractivity contribution in [3.05, 3.63) is 51.1 Å². The Bertz CT molecular complexity index is 1100. The van der Waals surface area contributed by atoms with Crippen LogP contribution in [0.15, 0.2) is 23.0 Å². The molecule has 1 saturated carbocycles. The van der Waals surface area contributed by atoms with Crippen LogP contribution in [0, 0.1) is 13.8 Å². The van der Waals surface area contributed by atoms with E-state index in [0.717, 1.165) is 48.2 Å². The number of aromatic nitrogens is 5. The average Bonchev–Trinajstić information content (AvgIpc) is 3.44. The van der Waals surface area contributed by atoms with Crippen molar-refractivity contribution in [2.24, 2.45) is 0 Å². The number of pyridine rings is 1. The van der Waals surface area contributed by atoms with Gasteiger partial charge in [-0.15, -0.1) is 5.10 Å². The second-order valence-electron chi connectivity index (χ2n) is 9.15. The van der Waals surface area contributed by atoms with Gasteiger partial charge >= 0.3 is 0 Å². The van der Waals surface area contributed by atoms with Gasteiger partial charge < -0.3 is 9.88 Å². The van der Waals surface area contributed by atoms with E-state index in [9.17, 15) is 4.79 Å². The molecule has 0 spiro atoms. The van der Waals surface area contributed by atoms with Gasteiger partial charge in [0.25, 0.3) is 5.56 Å². The lowest BCUT2D eigenvalue weighted by Gasteiger charge is -2.27. The van der Waals surface area contributed by atoms with Gasteiger partial charge in [0.15, 0.2) is 6.04 Å². The molecule has 0 radical (unpaired) electrons. The highest BCUT2D eigenvalue weighted by molar-refractivity contribution is 5.80. The molecule has 1 aromatic carbocycles. The van der Waals surface area contributed by atoms with Gasteiger partial charge in [0, 0.05) is 18.4 Å². The van der Waals surface area contributed by atoms with E-state index < -0.39 is 0 Å². The van der Waals surface area contributed by atoms with Gasteiger partial charge in [-0.2, -0.15) is 0 Å². The zero-order chi connectivity index (χ0) is 20.7. The Morgan fingerprint density at radius 3 is 2.53 bits per heavy atom. The third kappa shape index (κ3) is 3.45. The van der Waals surface area contributed by atoms with Gasteiger partial charge in [-0.1, -0.05) is 19.3 Å². The molecule has 2 N–H and O–H groups in total. The molecular formula is C23H31N6O+. The molecule has 158 valence electrons. The Kier molecular flexibility index (Phi) is 5.15. The number of fused-ring (bicyclic) bond motifs is 1. The molecule has 1 aliphatic heterocycles. The van der Waals surface area contributed by atoms with E-state index in [1.807, 2.05) is 4.68 Å². The summed E-state index contributed by atoms with van der Waals surface area (Å²) in [5.41, 5.74) is 4.09. The van der Waals surface area contributed by atoms with Gasteiger partial charge in [0.2, 0.25) is 5.82 Å². The number of likely N-dealkylation sites (tertiary alicyclic amines) is 1. The van der Waals surface area contributed by atoms with Crippen LogP contribution in [-0.2, 0) is 0 Å². The summed E-state index contributed by atoms with van der Waals surface area (Å²) < 4.78 is 2.04. The van der Waals surface area contributed by atoms with Crippen molar-refractivity contribution in [2.75, 3.05) is 13.1 Å². The molecular weight excluding hydrogens is 376 g/mol. The van der Waals surface area contributed by atoms with Gasteiger partial charge in [0.05, 0.1) is 24.7 Å². The number of rotatable bonds is 4. The Balaban J connectivity index is 1.64. The quantitative estimate of drug-likeness (QED) is 0.696. The van der Waals surface area contributed by atoms with E-state index in [-0.39, 0.29) is 11.6 Å². The van der Waals surface area contributed by atoms with E-state index in [1.54, 1.807) is 0 Å². The molecule has 3 heterocycles. The van der Waals surface area contributed by atoms with Crippen molar-refractivity contribution < 1.29 is 4.90 Å². The molecule has 7 nitrogen and oxygen atoms in total. The Hall–Kier alpha value is -2.54. The predicted molar refractivity (Wildman–Crippen MR) is 116 cm³/mol. The number of nitrogens with zero attached hydrogens (tertiary/aromatic N) is 4.